The van der Waals surface area contributed by atoms with Crippen LogP contribution in [-0.2, 0) is 29.8 Å². The molecule has 2 heterocycles. The first-order valence-corrected chi connectivity index (χ1v) is 15.2. The van der Waals surface area contributed by atoms with Gasteiger partial charge in [0.1, 0.15) is 11.5 Å². The highest BCUT2D eigenvalue weighted by molar-refractivity contribution is 7.11. The van der Waals surface area contributed by atoms with Gasteiger partial charge in [-0.05, 0) is 54.7 Å². The minimum absolute atomic E-state index is 0.0445. The molecule has 2 unspecified atom stereocenters. The van der Waals surface area contributed by atoms with Crippen molar-refractivity contribution in [1.29, 1.82) is 0 Å². The normalized spacial score (nSPS) is 15.6. The number of anilines is 1. The van der Waals surface area contributed by atoms with E-state index in [2.05, 4.69) is 33.1 Å². The molecule has 1 aliphatic rings. The Morgan fingerprint density at radius 3 is 2.60 bits per heavy atom. The van der Waals surface area contributed by atoms with Crippen molar-refractivity contribution < 1.29 is 24.5 Å². The van der Waals surface area contributed by atoms with Gasteiger partial charge in [-0.25, -0.2) is 4.98 Å². The fraction of sp³-hybridized carbons (Fsp3) is 0.375. The molecule has 1 amide bonds. The first kappa shape index (κ1) is 29.9. The number of rotatable bonds is 16. The van der Waals surface area contributed by atoms with Crippen molar-refractivity contribution in [3.63, 3.8) is 0 Å². The van der Waals surface area contributed by atoms with Gasteiger partial charge >= 0.3 is 0 Å². The molecule has 6 N–H and O–H groups in total. The molecular formula is C32H38N4O5S. The van der Waals surface area contributed by atoms with Crippen LogP contribution >= 0.6 is 11.3 Å². The van der Waals surface area contributed by atoms with Gasteiger partial charge in [-0.15, -0.1) is 11.3 Å². The van der Waals surface area contributed by atoms with Gasteiger partial charge in [0.05, 0.1) is 18.0 Å². The van der Waals surface area contributed by atoms with Crippen molar-refractivity contribution in [2.45, 2.75) is 50.4 Å². The SMILES string of the molecule is O=CNc1cc(C(O)CNCCc2ccc(CNCCc3cnc(C(O)(c4ccccc4)C4CCC4)o3)s2)ccc1O. The lowest BCUT2D eigenvalue weighted by atomic mass is 9.69. The fourth-order valence-corrected chi connectivity index (χ4v) is 6.22. The van der Waals surface area contributed by atoms with Gasteiger partial charge in [0, 0.05) is 48.3 Å². The van der Waals surface area contributed by atoms with Crippen LogP contribution in [0.4, 0.5) is 5.69 Å². The number of aliphatic hydroxyl groups is 2. The van der Waals surface area contributed by atoms with E-state index in [4.69, 9.17) is 4.42 Å². The minimum atomic E-state index is -1.19. The molecule has 1 saturated carbocycles. The van der Waals surface area contributed by atoms with E-state index in [1.54, 1.807) is 29.7 Å². The number of nitrogens with zero attached hydrogens (tertiary/aromatic N) is 1. The molecule has 0 radical (unpaired) electrons. The third-order valence-electron chi connectivity index (χ3n) is 7.86. The summed E-state index contributed by atoms with van der Waals surface area (Å²) in [6.45, 7) is 2.56. The number of hydrogen-bond donors (Lipinski definition) is 6. The van der Waals surface area contributed by atoms with Gasteiger partial charge in [-0.1, -0.05) is 42.8 Å². The number of phenols is 1. The van der Waals surface area contributed by atoms with Crippen molar-refractivity contribution in [2.24, 2.45) is 5.92 Å². The van der Waals surface area contributed by atoms with Gasteiger partial charge < -0.3 is 35.7 Å². The Morgan fingerprint density at radius 2 is 1.83 bits per heavy atom. The molecule has 222 valence electrons. The minimum Gasteiger partial charge on any atom is -0.506 e. The zero-order valence-corrected chi connectivity index (χ0v) is 24.3. The smallest absolute Gasteiger partial charge is 0.231 e. The summed E-state index contributed by atoms with van der Waals surface area (Å²) in [6, 6.07) is 18.6. The van der Waals surface area contributed by atoms with Crippen LogP contribution in [0.5, 0.6) is 5.75 Å². The highest BCUT2D eigenvalue weighted by atomic mass is 32.1. The van der Waals surface area contributed by atoms with E-state index in [0.29, 0.717) is 37.4 Å². The van der Waals surface area contributed by atoms with Gasteiger partial charge in [0.25, 0.3) is 0 Å². The zero-order chi connectivity index (χ0) is 29.4. The van der Waals surface area contributed by atoms with Crippen molar-refractivity contribution in [1.82, 2.24) is 15.6 Å². The van der Waals surface area contributed by atoms with Gasteiger partial charge in [0.15, 0.2) is 5.60 Å². The Balaban J connectivity index is 1.03. The highest BCUT2D eigenvalue weighted by Gasteiger charge is 2.46. The predicted octanol–water partition coefficient (Wildman–Crippen LogP) is 4.24. The van der Waals surface area contributed by atoms with Crippen molar-refractivity contribution >= 4 is 23.4 Å². The lowest BCUT2D eigenvalue weighted by Gasteiger charge is -2.39. The first-order valence-electron chi connectivity index (χ1n) is 14.4. The molecular weight excluding hydrogens is 552 g/mol. The van der Waals surface area contributed by atoms with E-state index in [1.807, 2.05) is 30.3 Å². The van der Waals surface area contributed by atoms with E-state index in [0.717, 1.165) is 50.1 Å². The van der Waals surface area contributed by atoms with E-state index in [1.165, 1.54) is 15.8 Å². The average molecular weight is 591 g/mol. The molecule has 42 heavy (non-hydrogen) atoms. The van der Waals surface area contributed by atoms with Crippen molar-refractivity contribution in [2.75, 3.05) is 25.0 Å². The quantitative estimate of drug-likeness (QED) is 0.0647. The number of carbonyl (C=O) groups excluding carboxylic acids is 1. The van der Waals surface area contributed by atoms with E-state index in [-0.39, 0.29) is 17.4 Å². The second-order valence-electron chi connectivity index (χ2n) is 10.7. The first-order chi connectivity index (χ1) is 20.5. The van der Waals surface area contributed by atoms with Crippen LogP contribution in [-0.4, -0.2) is 46.3 Å². The maximum atomic E-state index is 11.7. The molecule has 5 rings (SSSR count). The molecule has 0 spiro atoms. The van der Waals surface area contributed by atoms with Crippen LogP contribution < -0.4 is 16.0 Å². The summed E-state index contributed by atoms with van der Waals surface area (Å²) in [7, 11) is 0. The molecule has 9 nitrogen and oxygen atoms in total. The number of aliphatic hydroxyl groups excluding tert-OH is 1. The van der Waals surface area contributed by atoms with Gasteiger partial charge in [0.2, 0.25) is 12.3 Å². The lowest BCUT2D eigenvalue weighted by molar-refractivity contribution is -0.105. The maximum absolute atomic E-state index is 11.7. The molecule has 0 saturated heterocycles. The lowest BCUT2D eigenvalue weighted by Crippen LogP contribution is -2.40. The largest absolute Gasteiger partial charge is 0.506 e. The van der Waals surface area contributed by atoms with Gasteiger partial charge in [-0.2, -0.15) is 0 Å². The summed E-state index contributed by atoms with van der Waals surface area (Å²) in [4.78, 5) is 17.7. The second-order valence-corrected chi connectivity index (χ2v) is 11.9. The number of phenolic OH excluding ortho intramolecular Hbond substituents is 1. The van der Waals surface area contributed by atoms with Crippen molar-refractivity contribution in [3.05, 3.63) is 99.4 Å². The molecule has 4 aromatic rings. The van der Waals surface area contributed by atoms with Crippen LogP contribution in [0.2, 0.25) is 0 Å². The number of aromatic hydroxyl groups is 1. The molecule has 2 aromatic carbocycles. The highest BCUT2D eigenvalue weighted by Crippen LogP contribution is 2.46. The summed E-state index contributed by atoms with van der Waals surface area (Å²) < 4.78 is 6.09. The van der Waals surface area contributed by atoms with Crippen LogP contribution in [0.15, 0.2) is 71.3 Å². The number of hydrogen-bond acceptors (Lipinski definition) is 9. The molecule has 0 bridgehead atoms. The third-order valence-corrected chi connectivity index (χ3v) is 9.00. The van der Waals surface area contributed by atoms with Crippen LogP contribution in [0, 0.1) is 5.92 Å². The predicted molar refractivity (Wildman–Crippen MR) is 162 cm³/mol. The number of aromatic nitrogens is 1. The molecule has 1 fully saturated rings. The summed E-state index contributed by atoms with van der Waals surface area (Å²) in [6.07, 6.45) is 6.04. The summed E-state index contributed by atoms with van der Waals surface area (Å²) >= 11 is 1.76. The molecule has 0 aliphatic heterocycles. The Hall–Kier alpha value is -3.54. The van der Waals surface area contributed by atoms with Crippen molar-refractivity contribution in [3.8, 4) is 5.75 Å². The number of benzene rings is 2. The Labute approximate surface area is 249 Å². The Morgan fingerprint density at radius 1 is 1.05 bits per heavy atom. The van der Waals surface area contributed by atoms with E-state index >= 15 is 0 Å². The summed E-state index contributed by atoms with van der Waals surface area (Å²) in [5.41, 5.74) is 0.530. The topological polar surface area (TPSA) is 140 Å². The summed E-state index contributed by atoms with van der Waals surface area (Å²) in [5, 5.41) is 41.1. The number of carbonyl (C=O) groups is 1. The number of oxazole rings is 1. The Bertz CT molecular complexity index is 1440. The van der Waals surface area contributed by atoms with Gasteiger partial charge in [-0.3, -0.25) is 4.79 Å². The van der Waals surface area contributed by atoms with Crippen LogP contribution in [0.25, 0.3) is 0 Å². The molecule has 1 aliphatic carbocycles. The number of amides is 1. The molecule has 2 aromatic heterocycles. The standard InChI is InChI=1S/C32H38N4O5S/c37-21-36-28-17-22(9-12-29(28)38)30(39)20-34-16-14-26-10-11-27(42-26)19-33-15-13-25-18-35-31(41-25)32(40,24-7-4-8-24)23-5-2-1-3-6-23/h1-3,5-6,9-12,17-18,21,24,30,33-34,38-40H,4,7-8,13-16,19-20H2,(H,36,37). The Kier molecular flexibility index (Phi) is 10.0. The monoisotopic (exact) mass is 590 g/mol. The number of nitrogens with one attached hydrogen (secondary N) is 3. The number of thiophene rings is 1. The van der Waals surface area contributed by atoms with Crippen LogP contribution in [0.3, 0.4) is 0 Å². The van der Waals surface area contributed by atoms with E-state index in [9.17, 15) is 20.1 Å². The molecule has 2 atom stereocenters. The van der Waals surface area contributed by atoms with Crippen LogP contribution in [0.1, 0.15) is 57.9 Å². The average Bonchev–Trinajstić information content (AvgIpc) is 3.64. The van der Waals surface area contributed by atoms with E-state index < -0.39 is 11.7 Å². The zero-order valence-electron chi connectivity index (χ0n) is 23.5. The second kappa shape index (κ2) is 14.1. The maximum Gasteiger partial charge on any atom is 0.231 e. The molecule has 10 heteroatoms. The summed E-state index contributed by atoms with van der Waals surface area (Å²) in [5.74, 6) is 1.23. The third kappa shape index (κ3) is 7.08. The fourth-order valence-electron chi connectivity index (χ4n) is 5.23.